The molecule has 0 spiro atoms. The van der Waals surface area contributed by atoms with Gasteiger partial charge in [0.15, 0.2) is 0 Å². The standard InChI is InChI=1S/C22H27N3O4/c26-20(13-17-14-23-19-4-2-1-3-18(17)19)24-9-11-25(12-10-24)21(27)15-5-7-16(8-6-15)22(28)29/h1-4,14-16,23H,5-13H2,(H,28,29). The van der Waals surface area contributed by atoms with Crippen LogP contribution in [0.1, 0.15) is 31.2 Å². The van der Waals surface area contributed by atoms with E-state index in [1.165, 1.54) is 0 Å². The number of carboxylic acids is 1. The van der Waals surface area contributed by atoms with Crippen molar-refractivity contribution in [3.05, 3.63) is 36.0 Å². The number of amides is 2. The number of carbonyl (C=O) groups excluding carboxylic acids is 2. The number of carboxylic acid groups (broad SMARTS) is 1. The van der Waals surface area contributed by atoms with Gasteiger partial charge in [-0.3, -0.25) is 14.4 Å². The normalized spacial score (nSPS) is 22.6. The van der Waals surface area contributed by atoms with Crippen LogP contribution < -0.4 is 0 Å². The highest BCUT2D eigenvalue weighted by molar-refractivity contribution is 5.89. The molecule has 1 aliphatic heterocycles. The minimum absolute atomic E-state index is 0.0703. The van der Waals surface area contributed by atoms with Gasteiger partial charge in [-0.2, -0.15) is 0 Å². The molecule has 1 aliphatic carbocycles. The zero-order valence-electron chi connectivity index (χ0n) is 16.5. The molecular formula is C22H27N3O4. The van der Waals surface area contributed by atoms with Crippen molar-refractivity contribution in [3.63, 3.8) is 0 Å². The summed E-state index contributed by atoms with van der Waals surface area (Å²) in [4.78, 5) is 43.5. The van der Waals surface area contributed by atoms with E-state index >= 15 is 0 Å². The van der Waals surface area contributed by atoms with E-state index in [1.807, 2.05) is 40.3 Å². The number of nitrogens with zero attached hydrogens (tertiary/aromatic N) is 2. The Kier molecular flexibility index (Phi) is 5.56. The molecule has 7 heteroatoms. The van der Waals surface area contributed by atoms with E-state index < -0.39 is 5.97 Å². The van der Waals surface area contributed by atoms with Crippen molar-refractivity contribution in [3.8, 4) is 0 Å². The van der Waals surface area contributed by atoms with Gasteiger partial charge >= 0.3 is 5.97 Å². The van der Waals surface area contributed by atoms with Gasteiger partial charge in [0.05, 0.1) is 12.3 Å². The monoisotopic (exact) mass is 397 g/mol. The molecule has 1 saturated heterocycles. The Bertz CT molecular complexity index is 906. The quantitative estimate of drug-likeness (QED) is 0.828. The summed E-state index contributed by atoms with van der Waals surface area (Å²) in [5.41, 5.74) is 2.03. The summed E-state index contributed by atoms with van der Waals surface area (Å²) in [6.07, 6.45) is 4.71. The lowest BCUT2D eigenvalue weighted by molar-refractivity contribution is -0.146. The van der Waals surface area contributed by atoms with E-state index in [-0.39, 0.29) is 23.7 Å². The second kappa shape index (κ2) is 8.27. The third kappa shape index (κ3) is 4.13. The minimum Gasteiger partial charge on any atom is -0.481 e. The fraction of sp³-hybridized carbons (Fsp3) is 0.500. The molecule has 2 fully saturated rings. The van der Waals surface area contributed by atoms with Crippen molar-refractivity contribution >= 4 is 28.7 Å². The second-order valence-electron chi connectivity index (χ2n) is 8.13. The first-order valence-corrected chi connectivity index (χ1v) is 10.4. The lowest BCUT2D eigenvalue weighted by Gasteiger charge is -2.37. The van der Waals surface area contributed by atoms with Gasteiger partial charge in [-0.15, -0.1) is 0 Å². The zero-order chi connectivity index (χ0) is 20.4. The molecule has 4 rings (SSSR count). The molecule has 2 heterocycles. The predicted molar refractivity (Wildman–Crippen MR) is 108 cm³/mol. The maximum Gasteiger partial charge on any atom is 0.306 e. The van der Waals surface area contributed by atoms with Gasteiger partial charge in [-0.25, -0.2) is 0 Å². The number of rotatable bonds is 4. The first-order chi connectivity index (χ1) is 14.0. The van der Waals surface area contributed by atoms with Crippen LogP contribution in [0.4, 0.5) is 0 Å². The zero-order valence-corrected chi connectivity index (χ0v) is 16.5. The molecule has 2 N–H and O–H groups in total. The molecule has 0 unspecified atom stereocenters. The number of fused-ring (bicyclic) bond motifs is 1. The van der Waals surface area contributed by atoms with E-state index in [9.17, 15) is 14.4 Å². The average Bonchev–Trinajstić information content (AvgIpc) is 3.16. The summed E-state index contributed by atoms with van der Waals surface area (Å²) in [6.45, 7) is 2.21. The first kappa shape index (κ1) is 19.5. The highest BCUT2D eigenvalue weighted by Gasteiger charge is 2.33. The summed E-state index contributed by atoms with van der Waals surface area (Å²) >= 11 is 0. The summed E-state index contributed by atoms with van der Waals surface area (Å²) < 4.78 is 0. The lowest BCUT2D eigenvalue weighted by Crippen LogP contribution is -2.52. The molecular weight excluding hydrogens is 370 g/mol. The Morgan fingerprint density at radius 2 is 1.55 bits per heavy atom. The van der Waals surface area contributed by atoms with Gasteiger partial charge in [-0.05, 0) is 37.3 Å². The fourth-order valence-electron chi connectivity index (χ4n) is 4.57. The SMILES string of the molecule is O=C(O)C1CCC(C(=O)N2CCN(C(=O)Cc3c[nH]c4ccccc34)CC2)CC1. The Hall–Kier alpha value is -2.83. The number of nitrogens with one attached hydrogen (secondary N) is 1. The molecule has 154 valence electrons. The highest BCUT2D eigenvalue weighted by atomic mass is 16.4. The number of hydrogen-bond donors (Lipinski definition) is 2. The van der Waals surface area contributed by atoms with Gasteiger partial charge < -0.3 is 19.9 Å². The molecule has 0 radical (unpaired) electrons. The first-order valence-electron chi connectivity index (χ1n) is 10.4. The number of carbonyl (C=O) groups is 3. The summed E-state index contributed by atoms with van der Waals surface area (Å²) in [5, 5.41) is 10.2. The van der Waals surface area contributed by atoms with Crippen LogP contribution >= 0.6 is 0 Å². The molecule has 0 atom stereocenters. The number of para-hydroxylation sites is 1. The van der Waals surface area contributed by atoms with Crippen LogP contribution in [-0.4, -0.2) is 63.9 Å². The largest absolute Gasteiger partial charge is 0.481 e. The number of aromatic nitrogens is 1. The third-order valence-electron chi connectivity index (χ3n) is 6.39. The molecule has 7 nitrogen and oxygen atoms in total. The number of aromatic amines is 1. The van der Waals surface area contributed by atoms with E-state index in [0.717, 1.165) is 16.5 Å². The summed E-state index contributed by atoms with van der Waals surface area (Å²) in [6, 6.07) is 7.95. The molecule has 1 aromatic carbocycles. The van der Waals surface area contributed by atoms with Crippen LogP contribution in [0.15, 0.2) is 30.5 Å². The van der Waals surface area contributed by atoms with Crippen LogP contribution in [0.2, 0.25) is 0 Å². The van der Waals surface area contributed by atoms with Crippen molar-refractivity contribution < 1.29 is 19.5 Å². The van der Waals surface area contributed by atoms with Crippen molar-refractivity contribution in [2.45, 2.75) is 32.1 Å². The van der Waals surface area contributed by atoms with Gasteiger partial charge in [0, 0.05) is 49.2 Å². The van der Waals surface area contributed by atoms with Crippen LogP contribution in [0.25, 0.3) is 10.9 Å². The maximum atomic E-state index is 12.8. The smallest absolute Gasteiger partial charge is 0.306 e. The van der Waals surface area contributed by atoms with Gasteiger partial charge in [0.25, 0.3) is 0 Å². The number of piperazine rings is 1. The van der Waals surface area contributed by atoms with E-state index in [0.29, 0.717) is 58.3 Å². The summed E-state index contributed by atoms with van der Waals surface area (Å²) in [7, 11) is 0. The van der Waals surface area contributed by atoms with E-state index in [1.54, 1.807) is 0 Å². The van der Waals surface area contributed by atoms with Crippen LogP contribution in [0, 0.1) is 11.8 Å². The van der Waals surface area contributed by atoms with Crippen molar-refractivity contribution in [2.75, 3.05) is 26.2 Å². The van der Waals surface area contributed by atoms with Crippen molar-refractivity contribution in [2.24, 2.45) is 11.8 Å². The Labute approximate surface area is 169 Å². The minimum atomic E-state index is -0.752. The number of hydrogen-bond acceptors (Lipinski definition) is 3. The maximum absolute atomic E-state index is 12.8. The number of aliphatic carboxylic acids is 1. The number of benzene rings is 1. The van der Waals surface area contributed by atoms with Gasteiger partial charge in [0.1, 0.15) is 0 Å². The predicted octanol–water partition coefficient (Wildman–Crippen LogP) is 2.27. The molecule has 2 aliphatic rings. The molecule has 1 aromatic heterocycles. The van der Waals surface area contributed by atoms with Gasteiger partial charge in [0.2, 0.25) is 11.8 Å². The second-order valence-corrected chi connectivity index (χ2v) is 8.13. The molecule has 2 aromatic rings. The van der Waals surface area contributed by atoms with E-state index in [2.05, 4.69) is 4.98 Å². The van der Waals surface area contributed by atoms with Crippen LogP contribution in [-0.2, 0) is 20.8 Å². The molecule has 2 amide bonds. The van der Waals surface area contributed by atoms with Crippen LogP contribution in [0.5, 0.6) is 0 Å². The van der Waals surface area contributed by atoms with Crippen molar-refractivity contribution in [1.29, 1.82) is 0 Å². The van der Waals surface area contributed by atoms with E-state index in [4.69, 9.17) is 5.11 Å². The fourth-order valence-corrected chi connectivity index (χ4v) is 4.57. The Morgan fingerprint density at radius 3 is 2.24 bits per heavy atom. The number of H-pyrrole nitrogens is 1. The lowest BCUT2D eigenvalue weighted by atomic mass is 9.81. The molecule has 29 heavy (non-hydrogen) atoms. The van der Waals surface area contributed by atoms with Crippen LogP contribution in [0.3, 0.4) is 0 Å². The highest BCUT2D eigenvalue weighted by Crippen LogP contribution is 2.30. The topological polar surface area (TPSA) is 93.7 Å². The van der Waals surface area contributed by atoms with Gasteiger partial charge in [-0.1, -0.05) is 18.2 Å². The Balaban J connectivity index is 1.28. The molecule has 0 bridgehead atoms. The third-order valence-corrected chi connectivity index (χ3v) is 6.39. The van der Waals surface area contributed by atoms with Crippen molar-refractivity contribution in [1.82, 2.24) is 14.8 Å². The average molecular weight is 397 g/mol. The Morgan fingerprint density at radius 1 is 0.931 bits per heavy atom. The summed E-state index contributed by atoms with van der Waals surface area (Å²) in [5.74, 6) is -0.920. The molecule has 1 saturated carbocycles.